The van der Waals surface area contributed by atoms with Gasteiger partial charge in [0.2, 0.25) is 5.91 Å². The molecule has 1 amide bonds. The Morgan fingerprint density at radius 1 is 1.47 bits per heavy atom. The minimum Gasteiger partial charge on any atom is -0.325 e. The average Bonchev–Trinajstić information content (AvgIpc) is 3.06. The highest BCUT2D eigenvalue weighted by Gasteiger charge is 2.20. The van der Waals surface area contributed by atoms with Crippen LogP contribution >= 0.6 is 22.6 Å². The summed E-state index contributed by atoms with van der Waals surface area (Å²) >= 11 is 2.01. The zero-order chi connectivity index (χ0) is 12.3. The summed E-state index contributed by atoms with van der Waals surface area (Å²) in [4.78, 5) is 11.6. The largest absolute Gasteiger partial charge is 0.325 e. The van der Waals surface area contributed by atoms with Gasteiger partial charge in [-0.05, 0) is 53.6 Å². The molecule has 0 heterocycles. The normalized spacial score (nSPS) is 14.7. The lowest BCUT2D eigenvalue weighted by Crippen LogP contribution is -2.23. The Hall–Kier alpha value is -0.690. The maximum absolute atomic E-state index is 12.9. The van der Waals surface area contributed by atoms with E-state index in [1.54, 1.807) is 6.07 Å². The predicted octanol–water partition coefficient (Wildman–Crippen LogP) is 2.51. The Kier molecular flexibility index (Phi) is 4.33. The van der Waals surface area contributed by atoms with Crippen LogP contribution in [-0.4, -0.2) is 18.5 Å². The minimum atomic E-state index is -0.289. The van der Waals surface area contributed by atoms with Crippen molar-refractivity contribution in [3.63, 3.8) is 0 Å². The summed E-state index contributed by atoms with van der Waals surface area (Å²) in [6.45, 7) is 0.703. The first-order chi connectivity index (χ1) is 8.15. The lowest BCUT2D eigenvalue weighted by Gasteiger charge is -2.07. The van der Waals surface area contributed by atoms with Crippen LogP contribution in [0.15, 0.2) is 18.2 Å². The van der Waals surface area contributed by atoms with Crippen molar-refractivity contribution in [2.24, 2.45) is 0 Å². The predicted molar refractivity (Wildman–Crippen MR) is 73.4 cm³/mol. The molecule has 2 rings (SSSR count). The molecular weight excluding hydrogens is 334 g/mol. The molecule has 1 aliphatic carbocycles. The highest BCUT2D eigenvalue weighted by molar-refractivity contribution is 14.1. The fourth-order valence-corrected chi connectivity index (χ4v) is 2.09. The first kappa shape index (κ1) is 12.8. The Balaban J connectivity index is 1.79. The zero-order valence-corrected chi connectivity index (χ0v) is 11.5. The van der Waals surface area contributed by atoms with Gasteiger partial charge >= 0.3 is 0 Å². The van der Waals surface area contributed by atoms with Gasteiger partial charge in [0.1, 0.15) is 5.82 Å². The van der Waals surface area contributed by atoms with Gasteiger partial charge in [-0.2, -0.15) is 0 Å². The van der Waals surface area contributed by atoms with E-state index < -0.39 is 0 Å². The van der Waals surface area contributed by atoms with Crippen molar-refractivity contribution in [3.05, 3.63) is 27.6 Å². The number of anilines is 1. The van der Waals surface area contributed by atoms with Gasteiger partial charge in [0, 0.05) is 22.6 Å². The molecule has 1 fully saturated rings. The van der Waals surface area contributed by atoms with Gasteiger partial charge in [-0.3, -0.25) is 4.79 Å². The summed E-state index contributed by atoms with van der Waals surface area (Å²) in [5.74, 6) is -0.328. The molecule has 0 radical (unpaired) electrons. The molecule has 92 valence electrons. The highest BCUT2D eigenvalue weighted by atomic mass is 127. The van der Waals surface area contributed by atoms with Crippen LogP contribution in [0.3, 0.4) is 0 Å². The smallest absolute Gasteiger partial charge is 0.225 e. The Morgan fingerprint density at radius 3 is 2.88 bits per heavy atom. The third-order valence-electron chi connectivity index (χ3n) is 2.57. The summed E-state index contributed by atoms with van der Waals surface area (Å²) in [6.07, 6.45) is 2.89. The third kappa shape index (κ3) is 4.23. The van der Waals surface area contributed by atoms with Gasteiger partial charge in [-0.15, -0.1) is 0 Å². The van der Waals surface area contributed by atoms with E-state index in [1.165, 1.54) is 25.0 Å². The van der Waals surface area contributed by atoms with Crippen molar-refractivity contribution in [1.29, 1.82) is 0 Å². The molecule has 3 nitrogen and oxygen atoms in total. The molecule has 0 spiro atoms. The number of halogens is 2. The summed E-state index contributed by atoms with van der Waals surface area (Å²) < 4.78 is 13.6. The van der Waals surface area contributed by atoms with Crippen molar-refractivity contribution in [3.8, 4) is 0 Å². The van der Waals surface area contributed by atoms with Crippen LogP contribution in [0.25, 0.3) is 0 Å². The van der Waals surface area contributed by atoms with E-state index in [1.807, 2.05) is 22.6 Å². The van der Waals surface area contributed by atoms with E-state index in [4.69, 9.17) is 0 Å². The quantitative estimate of drug-likeness (QED) is 0.803. The summed E-state index contributed by atoms with van der Waals surface area (Å²) in [6, 6.07) is 4.95. The second-order valence-corrected chi connectivity index (χ2v) is 5.31. The van der Waals surface area contributed by atoms with E-state index in [2.05, 4.69) is 10.6 Å². The molecule has 0 saturated heterocycles. The van der Waals surface area contributed by atoms with Crippen molar-refractivity contribution < 1.29 is 9.18 Å². The molecule has 0 atom stereocenters. The number of hydrogen-bond donors (Lipinski definition) is 2. The number of rotatable bonds is 5. The summed E-state index contributed by atoms with van der Waals surface area (Å²) in [5.41, 5.74) is 0.670. The van der Waals surface area contributed by atoms with E-state index in [0.717, 1.165) is 0 Å². The van der Waals surface area contributed by atoms with E-state index in [0.29, 0.717) is 28.3 Å². The van der Waals surface area contributed by atoms with Gasteiger partial charge in [0.15, 0.2) is 0 Å². The topological polar surface area (TPSA) is 41.1 Å². The number of amides is 1. The summed E-state index contributed by atoms with van der Waals surface area (Å²) in [5, 5.41) is 6.05. The molecule has 1 aromatic rings. The standard InChI is InChI=1S/C12H14FIN2O/c13-8-1-4-11(10(14)7-8)16-12(17)5-6-15-9-2-3-9/h1,4,7,9,15H,2-3,5-6H2,(H,16,17). The molecule has 0 bridgehead atoms. The SMILES string of the molecule is O=C(CCNC1CC1)Nc1ccc(F)cc1I. The van der Waals surface area contributed by atoms with Crippen molar-refractivity contribution in [2.75, 3.05) is 11.9 Å². The van der Waals surface area contributed by atoms with Crippen LogP contribution in [0.4, 0.5) is 10.1 Å². The minimum absolute atomic E-state index is 0.0392. The zero-order valence-electron chi connectivity index (χ0n) is 9.30. The van der Waals surface area contributed by atoms with E-state index in [-0.39, 0.29) is 11.7 Å². The molecule has 1 aromatic carbocycles. The molecule has 17 heavy (non-hydrogen) atoms. The van der Waals surface area contributed by atoms with Crippen molar-refractivity contribution >= 4 is 34.2 Å². The Bertz CT molecular complexity index is 421. The van der Waals surface area contributed by atoms with Gasteiger partial charge in [0.05, 0.1) is 5.69 Å². The fourth-order valence-electron chi connectivity index (χ4n) is 1.48. The first-order valence-corrected chi connectivity index (χ1v) is 6.71. The van der Waals surface area contributed by atoms with E-state index >= 15 is 0 Å². The number of carbonyl (C=O) groups excluding carboxylic acids is 1. The van der Waals surface area contributed by atoms with Crippen molar-refractivity contribution in [2.45, 2.75) is 25.3 Å². The Morgan fingerprint density at radius 2 is 2.24 bits per heavy atom. The number of hydrogen-bond acceptors (Lipinski definition) is 2. The molecule has 1 aliphatic rings. The van der Waals surface area contributed by atoms with Gasteiger partial charge in [-0.25, -0.2) is 4.39 Å². The molecule has 1 saturated carbocycles. The lowest BCUT2D eigenvalue weighted by atomic mass is 10.3. The first-order valence-electron chi connectivity index (χ1n) is 5.63. The molecule has 5 heteroatoms. The summed E-state index contributed by atoms with van der Waals surface area (Å²) in [7, 11) is 0. The van der Waals surface area contributed by atoms with Crippen molar-refractivity contribution in [1.82, 2.24) is 5.32 Å². The van der Waals surface area contributed by atoms with Crippen LogP contribution < -0.4 is 10.6 Å². The number of nitrogens with one attached hydrogen (secondary N) is 2. The second kappa shape index (κ2) is 5.77. The molecule has 0 aromatic heterocycles. The Labute approximate surface area is 113 Å². The van der Waals surface area contributed by atoms with Crippen LogP contribution in [0, 0.1) is 9.39 Å². The molecule has 0 aliphatic heterocycles. The molecular formula is C12H14FIN2O. The van der Waals surface area contributed by atoms with Crippen LogP contribution in [-0.2, 0) is 4.79 Å². The monoisotopic (exact) mass is 348 g/mol. The third-order valence-corrected chi connectivity index (χ3v) is 3.46. The van der Waals surface area contributed by atoms with Gasteiger partial charge in [0.25, 0.3) is 0 Å². The fraction of sp³-hybridized carbons (Fsp3) is 0.417. The van der Waals surface area contributed by atoms with Crippen LogP contribution in [0.5, 0.6) is 0 Å². The van der Waals surface area contributed by atoms with E-state index in [9.17, 15) is 9.18 Å². The van der Waals surface area contributed by atoms with Crippen LogP contribution in [0.1, 0.15) is 19.3 Å². The van der Waals surface area contributed by atoms with Gasteiger partial charge < -0.3 is 10.6 Å². The second-order valence-electron chi connectivity index (χ2n) is 4.15. The average molecular weight is 348 g/mol. The molecule has 0 unspecified atom stereocenters. The van der Waals surface area contributed by atoms with Crippen LogP contribution in [0.2, 0.25) is 0 Å². The highest BCUT2D eigenvalue weighted by Crippen LogP contribution is 2.20. The number of carbonyl (C=O) groups is 1. The maximum Gasteiger partial charge on any atom is 0.225 e. The lowest BCUT2D eigenvalue weighted by molar-refractivity contribution is -0.116. The number of benzene rings is 1. The van der Waals surface area contributed by atoms with Gasteiger partial charge in [-0.1, -0.05) is 0 Å². The molecule has 2 N–H and O–H groups in total. The maximum atomic E-state index is 12.9.